The summed E-state index contributed by atoms with van der Waals surface area (Å²) >= 11 is 0. The van der Waals surface area contributed by atoms with E-state index in [0.717, 1.165) is 29.8 Å². The molecule has 0 saturated carbocycles. The van der Waals surface area contributed by atoms with Crippen LogP contribution in [0.25, 0.3) is 12.2 Å². The summed E-state index contributed by atoms with van der Waals surface area (Å²) in [4.78, 5) is 85.4. The van der Waals surface area contributed by atoms with Crippen molar-refractivity contribution in [1.29, 1.82) is 0 Å². The molecule has 1 aromatic heterocycles. The lowest BCUT2D eigenvalue weighted by atomic mass is 9.79. The molecule has 2 rings (SSSR count). The molecule has 21 nitrogen and oxygen atoms in total. The Hall–Kier alpha value is -5.02. The lowest BCUT2D eigenvalue weighted by molar-refractivity contribution is -0.176. The van der Waals surface area contributed by atoms with Gasteiger partial charge in [-0.1, -0.05) is 73.6 Å². The number of rotatable bonds is 37. The second-order valence-corrected chi connectivity index (χ2v) is 27.5. The minimum absolute atomic E-state index is 0.0156. The summed E-state index contributed by atoms with van der Waals surface area (Å²) in [6.45, 7) is 29.8. The third kappa shape index (κ3) is 31.3. The van der Waals surface area contributed by atoms with Gasteiger partial charge in [0.2, 0.25) is 11.8 Å². The number of nitrogens with zero attached hydrogens (tertiary/aromatic N) is 3. The molecule has 460 valence electrons. The smallest absolute Gasteiger partial charge is 0.465 e. The number of phosphoric acid groups is 1. The van der Waals surface area contributed by atoms with Crippen LogP contribution < -0.4 is 20.9 Å². The molecule has 22 heteroatoms. The summed E-state index contributed by atoms with van der Waals surface area (Å²) in [7, 11) is -4.76. The van der Waals surface area contributed by atoms with Crippen LogP contribution in [0, 0.1) is 27.1 Å². The highest BCUT2D eigenvalue weighted by Crippen LogP contribution is 2.45. The fraction of sp³-hybridized carbons (Fsp3) is 0.712. The highest BCUT2D eigenvalue weighted by atomic mass is 31.2. The Balaban J connectivity index is 1.76. The van der Waals surface area contributed by atoms with E-state index in [0.29, 0.717) is 45.3 Å². The highest BCUT2D eigenvalue weighted by Gasteiger charge is 2.42. The number of hydrogen-bond donors (Lipinski definition) is 5. The van der Waals surface area contributed by atoms with Crippen molar-refractivity contribution >= 4 is 55.5 Å². The first kappa shape index (κ1) is 72.1. The minimum atomic E-state index is -4.76. The zero-order valence-corrected chi connectivity index (χ0v) is 52.4. The number of aliphatic hydroxyl groups is 1. The van der Waals surface area contributed by atoms with E-state index >= 15 is 0 Å². The molecule has 0 saturated heterocycles. The molecular weight excluding hydrogens is 1060 g/mol. The number of aromatic nitrogens is 2. The first-order valence-electron chi connectivity index (χ1n) is 28.0. The Bertz CT molecular complexity index is 2330. The van der Waals surface area contributed by atoms with Crippen LogP contribution in [0.1, 0.15) is 161 Å². The van der Waals surface area contributed by atoms with Crippen molar-refractivity contribution in [2.75, 3.05) is 83.9 Å². The molecule has 0 radical (unpaired) electrons. The molecule has 81 heavy (non-hydrogen) atoms. The zero-order valence-electron chi connectivity index (χ0n) is 51.5. The molecule has 5 N–H and O–H groups in total. The summed E-state index contributed by atoms with van der Waals surface area (Å²) in [5, 5.41) is 17.7. The quantitative estimate of drug-likeness (QED) is 0.0183. The van der Waals surface area contributed by atoms with Crippen LogP contribution in [-0.2, 0) is 56.5 Å². The van der Waals surface area contributed by atoms with Crippen molar-refractivity contribution in [3.8, 4) is 0 Å². The molecule has 2 unspecified atom stereocenters. The van der Waals surface area contributed by atoms with E-state index < -0.39 is 78.5 Å². The number of amides is 3. The molecule has 0 spiro atoms. The number of aliphatic hydroxyl groups excluding tert-OH is 1. The predicted octanol–water partition coefficient (Wildman–Crippen LogP) is 9.09. The Morgan fingerprint density at radius 2 is 1.26 bits per heavy atom. The molecule has 1 heterocycles. The monoisotopic (exact) mass is 1160 g/mol. The summed E-state index contributed by atoms with van der Waals surface area (Å²) in [6, 6.07) is 9.59. The van der Waals surface area contributed by atoms with E-state index in [1.807, 2.05) is 75.1 Å². The number of alkyl carbamates (subject to hydrolysis) is 1. The van der Waals surface area contributed by atoms with Gasteiger partial charge in [-0.25, -0.2) is 19.3 Å². The molecular formula is C59H99N6O15P. The van der Waals surface area contributed by atoms with Crippen LogP contribution in [-0.4, -0.2) is 146 Å². The molecule has 0 aliphatic carbocycles. The molecule has 0 bridgehead atoms. The van der Waals surface area contributed by atoms with Gasteiger partial charge in [-0.3, -0.25) is 28.2 Å². The van der Waals surface area contributed by atoms with Crippen molar-refractivity contribution in [2.24, 2.45) is 27.1 Å². The van der Waals surface area contributed by atoms with E-state index in [1.165, 1.54) is 6.33 Å². The van der Waals surface area contributed by atoms with Crippen molar-refractivity contribution in [2.45, 2.75) is 167 Å². The number of anilines is 1. The Morgan fingerprint density at radius 3 is 1.83 bits per heavy atom. The Labute approximate surface area is 482 Å². The van der Waals surface area contributed by atoms with E-state index in [4.69, 9.17) is 32.7 Å². The van der Waals surface area contributed by atoms with E-state index in [2.05, 4.69) is 67.5 Å². The van der Waals surface area contributed by atoms with Crippen LogP contribution >= 0.6 is 7.82 Å². The average molecular weight is 1160 g/mol. The summed E-state index contributed by atoms with van der Waals surface area (Å²) < 4.78 is 52.5. The number of hydrogen-bond acceptors (Lipinski definition) is 17. The maximum absolute atomic E-state index is 13.7. The SMILES string of the molecule is CC(C)(C)CCC(C)(C)C(=O)OCC(C)(C)C(COP(=O)(O)OCCNC(=O)OC(C)(C)CCOC(C)(C)CCNC(=O)COCC(=O)NCCN(CCO)c1ccc(/C=C/c2ccncn2)cc1)OC(=O)C(C)(C)CCC(C)(C)C. The van der Waals surface area contributed by atoms with Gasteiger partial charge in [0.25, 0.3) is 0 Å². The van der Waals surface area contributed by atoms with Crippen LogP contribution in [0.4, 0.5) is 10.5 Å². The van der Waals surface area contributed by atoms with Crippen molar-refractivity contribution in [3.05, 3.63) is 54.1 Å². The summed E-state index contributed by atoms with van der Waals surface area (Å²) in [6.07, 6.45) is 8.46. The third-order valence-electron chi connectivity index (χ3n) is 13.3. The van der Waals surface area contributed by atoms with Crippen LogP contribution in [0.15, 0.2) is 42.9 Å². The number of carbonyl (C=O) groups excluding carboxylic acids is 5. The van der Waals surface area contributed by atoms with Gasteiger partial charge in [-0.2, -0.15) is 0 Å². The van der Waals surface area contributed by atoms with E-state index in [-0.39, 0.29) is 62.9 Å². The first-order valence-corrected chi connectivity index (χ1v) is 29.5. The lowest BCUT2D eigenvalue weighted by Crippen LogP contribution is -2.44. The molecule has 2 aromatic rings. The fourth-order valence-electron chi connectivity index (χ4n) is 7.36. The van der Waals surface area contributed by atoms with E-state index in [9.17, 15) is 38.5 Å². The molecule has 1 aromatic carbocycles. The maximum Gasteiger partial charge on any atom is 0.472 e. The van der Waals surface area contributed by atoms with Gasteiger partial charge in [-0.05, 0) is 128 Å². The molecule has 0 fully saturated rings. The van der Waals surface area contributed by atoms with Gasteiger partial charge in [0, 0.05) is 56.4 Å². The normalized spacial score (nSPS) is 14.0. The maximum atomic E-state index is 13.7. The van der Waals surface area contributed by atoms with Gasteiger partial charge in [0.15, 0.2) is 0 Å². The van der Waals surface area contributed by atoms with Crippen LogP contribution in [0.3, 0.4) is 0 Å². The largest absolute Gasteiger partial charge is 0.472 e. The van der Waals surface area contributed by atoms with Gasteiger partial charge < -0.3 is 54.5 Å². The number of esters is 2. The van der Waals surface area contributed by atoms with Gasteiger partial charge >= 0.3 is 25.9 Å². The van der Waals surface area contributed by atoms with Gasteiger partial charge in [0.05, 0.1) is 48.6 Å². The fourth-order valence-corrected chi connectivity index (χ4v) is 8.08. The number of nitrogens with one attached hydrogen (secondary N) is 3. The Morgan fingerprint density at radius 1 is 0.667 bits per heavy atom. The lowest BCUT2D eigenvalue weighted by Gasteiger charge is -2.37. The van der Waals surface area contributed by atoms with E-state index in [1.54, 1.807) is 47.7 Å². The summed E-state index contributed by atoms with van der Waals surface area (Å²) in [5.74, 6) is -1.74. The van der Waals surface area contributed by atoms with Crippen LogP contribution in [0.2, 0.25) is 0 Å². The molecule has 0 aliphatic heterocycles. The predicted molar refractivity (Wildman–Crippen MR) is 313 cm³/mol. The summed E-state index contributed by atoms with van der Waals surface area (Å²) in [5.41, 5.74) is -1.77. The number of carbonyl (C=O) groups is 5. The van der Waals surface area contributed by atoms with Crippen molar-refractivity contribution < 1.29 is 71.3 Å². The van der Waals surface area contributed by atoms with Crippen molar-refractivity contribution in [3.63, 3.8) is 0 Å². The van der Waals surface area contributed by atoms with Gasteiger partial charge in [0.1, 0.15) is 37.9 Å². The molecule has 3 amide bonds. The highest BCUT2D eigenvalue weighted by molar-refractivity contribution is 7.47. The number of ether oxygens (including phenoxy) is 5. The van der Waals surface area contributed by atoms with Gasteiger partial charge in [-0.15, -0.1) is 0 Å². The number of benzene rings is 1. The Kier molecular flexibility index (Phi) is 29.1. The second-order valence-electron chi connectivity index (χ2n) is 26.1. The standard InChI is InChI=1S/C59H99N6O15P/c1-53(2,3)24-26-55(7,8)50(69)75-42-57(11,12)47(79-51(70)56(9,10)27-25-54(4,5)6)39-78-81(72,73)77-38-33-63-52(71)80-59(15,16)29-37-76-58(13,14)28-31-61-48(67)40-74-41-49(68)62-32-34-65(35-36-66)46-21-18-44(19-22-46)17-20-45-23-30-60-43-64-45/h17-23,30,43,47,66H,24-29,31-42H2,1-16H3,(H,61,67)(H,62,68)(H,63,71)(H,72,73)/b20-17+. The second kappa shape index (κ2) is 32.7. The van der Waals surface area contributed by atoms with Crippen molar-refractivity contribution in [1.82, 2.24) is 25.9 Å². The molecule has 2 atom stereocenters. The number of phosphoric ester groups is 1. The minimum Gasteiger partial charge on any atom is -0.465 e. The first-order chi connectivity index (χ1) is 37.3. The zero-order chi connectivity index (χ0) is 61.4. The topological polar surface area (TPSA) is 273 Å². The molecule has 0 aliphatic rings. The average Bonchev–Trinajstić information content (AvgIpc) is 3.37. The van der Waals surface area contributed by atoms with Crippen LogP contribution in [0.5, 0.6) is 0 Å². The third-order valence-corrected chi connectivity index (χ3v) is 14.3.